The van der Waals surface area contributed by atoms with Crippen LogP contribution in [0.15, 0.2) is 53.7 Å². The Morgan fingerprint density at radius 1 is 1.21 bits per heavy atom. The number of para-hydroxylation sites is 1. The third-order valence-electron chi connectivity index (χ3n) is 4.85. The Morgan fingerprint density at radius 3 is 2.71 bits per heavy atom. The molecular formula is C20H20FN5OS. The fourth-order valence-electron chi connectivity index (χ4n) is 3.49. The number of anilines is 1. The van der Waals surface area contributed by atoms with Gasteiger partial charge in [-0.15, -0.1) is 10.2 Å². The van der Waals surface area contributed by atoms with Crippen LogP contribution in [0, 0.1) is 5.82 Å². The zero-order valence-electron chi connectivity index (χ0n) is 15.5. The van der Waals surface area contributed by atoms with E-state index in [4.69, 9.17) is 5.84 Å². The number of nitrogens with zero attached hydrogens (tertiary/aromatic N) is 4. The van der Waals surface area contributed by atoms with Gasteiger partial charge in [-0.1, -0.05) is 42.1 Å². The number of fused-ring (bicyclic) bond motifs is 1. The van der Waals surface area contributed by atoms with Crippen LogP contribution in [0.3, 0.4) is 0 Å². The summed E-state index contributed by atoms with van der Waals surface area (Å²) in [6.07, 6.45) is 0.837. The molecule has 2 unspecified atom stereocenters. The average Bonchev–Trinajstić information content (AvgIpc) is 3.21. The molecule has 0 aliphatic carbocycles. The van der Waals surface area contributed by atoms with Crippen molar-refractivity contribution in [1.82, 2.24) is 14.9 Å². The zero-order valence-corrected chi connectivity index (χ0v) is 16.4. The standard InChI is InChI=1S/C20H20FN5OS/c1-12-11-14-7-3-6-10-17(14)25(12)19(27)13(2)28-20-24-23-18(26(20)22)15-8-4-5-9-16(15)21/h3-10,12-13H,11,22H2,1-2H3. The van der Waals surface area contributed by atoms with Crippen molar-refractivity contribution in [2.45, 2.75) is 36.7 Å². The van der Waals surface area contributed by atoms with E-state index in [-0.39, 0.29) is 23.3 Å². The van der Waals surface area contributed by atoms with Crippen LogP contribution < -0.4 is 10.7 Å². The minimum atomic E-state index is -0.426. The van der Waals surface area contributed by atoms with E-state index in [0.29, 0.717) is 5.16 Å². The first kappa shape index (κ1) is 18.5. The first-order chi connectivity index (χ1) is 13.5. The van der Waals surface area contributed by atoms with E-state index in [1.807, 2.05) is 43.0 Å². The number of aromatic nitrogens is 3. The molecule has 0 saturated heterocycles. The molecule has 0 bridgehead atoms. The molecule has 4 rings (SSSR count). The molecule has 1 aliphatic heterocycles. The molecule has 0 saturated carbocycles. The van der Waals surface area contributed by atoms with E-state index >= 15 is 0 Å². The van der Waals surface area contributed by atoms with Crippen LogP contribution >= 0.6 is 11.8 Å². The van der Waals surface area contributed by atoms with Crippen molar-refractivity contribution < 1.29 is 9.18 Å². The quantitative estimate of drug-likeness (QED) is 0.540. The Hall–Kier alpha value is -2.87. The number of benzene rings is 2. The van der Waals surface area contributed by atoms with Gasteiger partial charge < -0.3 is 10.7 Å². The second kappa shape index (κ2) is 7.27. The number of carbonyl (C=O) groups excluding carboxylic acids is 1. The highest BCUT2D eigenvalue weighted by molar-refractivity contribution is 8.00. The summed E-state index contributed by atoms with van der Waals surface area (Å²) >= 11 is 1.21. The number of amides is 1. The van der Waals surface area contributed by atoms with Gasteiger partial charge in [-0.3, -0.25) is 4.79 Å². The first-order valence-electron chi connectivity index (χ1n) is 9.00. The Balaban J connectivity index is 1.56. The average molecular weight is 397 g/mol. The Labute approximate surface area is 166 Å². The minimum absolute atomic E-state index is 0.0158. The van der Waals surface area contributed by atoms with Crippen molar-refractivity contribution in [3.05, 3.63) is 59.9 Å². The fraction of sp³-hybridized carbons (Fsp3) is 0.250. The molecule has 8 heteroatoms. The van der Waals surface area contributed by atoms with E-state index in [0.717, 1.165) is 12.1 Å². The van der Waals surface area contributed by atoms with Gasteiger partial charge in [-0.2, -0.15) is 0 Å². The van der Waals surface area contributed by atoms with Gasteiger partial charge in [0.25, 0.3) is 0 Å². The SMILES string of the molecule is CC(Sc1nnc(-c2ccccc2F)n1N)C(=O)N1c2ccccc2CC1C. The molecule has 2 N–H and O–H groups in total. The predicted molar refractivity (Wildman–Crippen MR) is 108 cm³/mol. The smallest absolute Gasteiger partial charge is 0.240 e. The van der Waals surface area contributed by atoms with Gasteiger partial charge in [0.05, 0.1) is 10.8 Å². The third-order valence-corrected chi connectivity index (χ3v) is 5.90. The molecule has 0 spiro atoms. The van der Waals surface area contributed by atoms with Crippen LogP contribution in [-0.2, 0) is 11.2 Å². The van der Waals surface area contributed by atoms with Gasteiger partial charge in [0.15, 0.2) is 5.82 Å². The molecule has 6 nitrogen and oxygen atoms in total. The highest BCUT2D eigenvalue weighted by Gasteiger charge is 2.34. The van der Waals surface area contributed by atoms with Crippen molar-refractivity contribution in [3.8, 4) is 11.4 Å². The highest BCUT2D eigenvalue weighted by atomic mass is 32.2. The third kappa shape index (κ3) is 3.13. The molecule has 2 atom stereocenters. The summed E-state index contributed by atoms with van der Waals surface area (Å²) in [7, 11) is 0. The monoisotopic (exact) mass is 397 g/mol. The van der Waals surface area contributed by atoms with Crippen LogP contribution in [0.1, 0.15) is 19.4 Å². The molecule has 28 heavy (non-hydrogen) atoms. The number of hydrogen-bond acceptors (Lipinski definition) is 5. The normalized spacial score (nSPS) is 16.8. The predicted octanol–water partition coefficient (Wildman–Crippen LogP) is 3.26. The van der Waals surface area contributed by atoms with E-state index in [1.165, 1.54) is 28.1 Å². The van der Waals surface area contributed by atoms with Gasteiger partial charge in [-0.05, 0) is 44.0 Å². The topological polar surface area (TPSA) is 77.0 Å². The first-order valence-corrected chi connectivity index (χ1v) is 9.88. The van der Waals surface area contributed by atoms with Gasteiger partial charge in [0.1, 0.15) is 5.82 Å². The lowest BCUT2D eigenvalue weighted by atomic mass is 10.1. The van der Waals surface area contributed by atoms with E-state index in [2.05, 4.69) is 10.2 Å². The molecule has 1 amide bonds. The lowest BCUT2D eigenvalue weighted by Gasteiger charge is -2.25. The molecule has 2 aromatic carbocycles. The maximum Gasteiger partial charge on any atom is 0.240 e. The number of nitrogens with two attached hydrogens (primary N) is 1. The van der Waals surface area contributed by atoms with Crippen LogP contribution in [0.25, 0.3) is 11.4 Å². The molecule has 0 fully saturated rings. The largest absolute Gasteiger partial charge is 0.335 e. The molecule has 144 valence electrons. The lowest BCUT2D eigenvalue weighted by Crippen LogP contribution is -2.40. The lowest BCUT2D eigenvalue weighted by molar-refractivity contribution is -0.118. The number of hydrogen-bond donors (Lipinski definition) is 1. The second-order valence-electron chi connectivity index (χ2n) is 6.81. The van der Waals surface area contributed by atoms with E-state index in [1.54, 1.807) is 18.2 Å². The van der Waals surface area contributed by atoms with Crippen LogP contribution in [0.4, 0.5) is 10.1 Å². The summed E-state index contributed by atoms with van der Waals surface area (Å²) in [4.78, 5) is 14.9. The summed E-state index contributed by atoms with van der Waals surface area (Å²) in [5.41, 5.74) is 2.39. The van der Waals surface area contributed by atoms with Crippen LogP contribution in [0.2, 0.25) is 0 Å². The summed E-state index contributed by atoms with van der Waals surface area (Å²) < 4.78 is 15.3. The Morgan fingerprint density at radius 2 is 1.93 bits per heavy atom. The maximum absolute atomic E-state index is 14.0. The number of thioether (sulfide) groups is 1. The number of halogens is 1. The van der Waals surface area contributed by atoms with Gasteiger partial charge >= 0.3 is 0 Å². The van der Waals surface area contributed by atoms with E-state index < -0.39 is 11.1 Å². The molecule has 1 aromatic heterocycles. The Bertz CT molecular complexity index is 1040. The maximum atomic E-state index is 14.0. The summed E-state index contributed by atoms with van der Waals surface area (Å²) in [6.45, 7) is 3.86. The highest BCUT2D eigenvalue weighted by Crippen LogP contribution is 2.35. The van der Waals surface area contributed by atoms with Crippen LogP contribution in [0.5, 0.6) is 0 Å². The summed E-state index contributed by atoms with van der Waals surface area (Å²) in [6, 6.07) is 14.3. The molecular weight excluding hydrogens is 377 g/mol. The zero-order chi connectivity index (χ0) is 19.8. The van der Waals surface area contributed by atoms with Crippen molar-refractivity contribution >= 4 is 23.4 Å². The van der Waals surface area contributed by atoms with Crippen molar-refractivity contribution in [2.24, 2.45) is 0 Å². The second-order valence-corrected chi connectivity index (χ2v) is 8.11. The number of rotatable bonds is 4. The van der Waals surface area contributed by atoms with E-state index in [9.17, 15) is 9.18 Å². The molecule has 2 heterocycles. The van der Waals surface area contributed by atoms with Crippen LogP contribution in [-0.4, -0.2) is 32.1 Å². The Kier molecular flexibility index (Phi) is 4.80. The number of carbonyl (C=O) groups is 1. The van der Waals surface area contributed by atoms with Crippen molar-refractivity contribution in [1.29, 1.82) is 0 Å². The molecule has 1 aliphatic rings. The van der Waals surface area contributed by atoms with Crippen molar-refractivity contribution in [2.75, 3.05) is 10.7 Å². The van der Waals surface area contributed by atoms with Gasteiger partial charge in [0, 0.05) is 11.7 Å². The van der Waals surface area contributed by atoms with Gasteiger partial charge in [0.2, 0.25) is 11.1 Å². The van der Waals surface area contributed by atoms with Crippen molar-refractivity contribution in [3.63, 3.8) is 0 Å². The summed E-state index contributed by atoms with van der Waals surface area (Å²) in [5, 5.41) is 8.01. The number of nitrogen functional groups attached to an aromatic ring is 1. The molecule has 0 radical (unpaired) electrons. The minimum Gasteiger partial charge on any atom is -0.335 e. The molecule has 3 aromatic rings. The fourth-order valence-corrected chi connectivity index (χ4v) is 4.31. The van der Waals surface area contributed by atoms with Gasteiger partial charge in [-0.25, -0.2) is 9.07 Å². The summed E-state index contributed by atoms with van der Waals surface area (Å²) in [5.74, 6) is 5.87.